The molecule has 0 unspecified atom stereocenters. The Bertz CT molecular complexity index is 389. The minimum absolute atomic E-state index is 0.0935. The fraction of sp³-hybridized carbons (Fsp3) is 0.462. The van der Waals surface area contributed by atoms with E-state index in [1.807, 2.05) is 13.8 Å². The van der Waals surface area contributed by atoms with Crippen LogP contribution in [0.2, 0.25) is 0 Å². The quantitative estimate of drug-likeness (QED) is 0.634. The molecule has 0 aliphatic carbocycles. The molecule has 1 aromatic carbocycles. The second kappa shape index (κ2) is 6.23. The number of nitrogens with two attached hydrogens (primary N) is 1. The van der Waals surface area contributed by atoms with Crippen LogP contribution in [-0.4, -0.2) is 12.6 Å². The molecule has 2 N–H and O–H groups in total. The molecule has 0 heterocycles. The van der Waals surface area contributed by atoms with Crippen LogP contribution in [0, 0.1) is 11.7 Å². The molecule has 4 heteroatoms. The van der Waals surface area contributed by atoms with Gasteiger partial charge in [0.15, 0.2) is 0 Å². The fourth-order valence-corrected chi connectivity index (χ4v) is 1.50. The van der Waals surface area contributed by atoms with Gasteiger partial charge in [0.1, 0.15) is 5.82 Å². The van der Waals surface area contributed by atoms with Crippen molar-refractivity contribution in [3.05, 3.63) is 29.6 Å². The number of esters is 1. The first-order chi connectivity index (χ1) is 8.08. The highest BCUT2D eigenvalue weighted by molar-refractivity contribution is 5.95. The number of nitrogen functional groups attached to an aromatic ring is 1. The first-order valence-electron chi connectivity index (χ1n) is 5.80. The maximum absolute atomic E-state index is 13.0. The molecule has 3 nitrogen and oxygen atoms in total. The third-order valence-electron chi connectivity index (χ3n) is 2.84. The van der Waals surface area contributed by atoms with E-state index in [1.165, 1.54) is 12.1 Å². The lowest BCUT2D eigenvalue weighted by molar-refractivity contribution is 0.0434. The van der Waals surface area contributed by atoms with E-state index in [0.29, 0.717) is 12.5 Å². The number of hydrogen-bond donors (Lipinski definition) is 1. The number of carbonyl (C=O) groups is 1. The van der Waals surface area contributed by atoms with E-state index < -0.39 is 11.8 Å². The summed E-state index contributed by atoms with van der Waals surface area (Å²) in [5.74, 6) is -0.712. The Balaban J connectivity index is 2.66. The highest BCUT2D eigenvalue weighted by Crippen LogP contribution is 2.16. The van der Waals surface area contributed by atoms with Gasteiger partial charge in [-0.1, -0.05) is 26.7 Å². The van der Waals surface area contributed by atoms with Crippen molar-refractivity contribution in [1.82, 2.24) is 0 Å². The van der Waals surface area contributed by atoms with Gasteiger partial charge in [-0.05, 0) is 24.1 Å². The Labute approximate surface area is 101 Å². The molecule has 1 rings (SSSR count). The van der Waals surface area contributed by atoms with Crippen LogP contribution in [-0.2, 0) is 4.74 Å². The van der Waals surface area contributed by atoms with Crippen molar-refractivity contribution in [1.29, 1.82) is 0 Å². The van der Waals surface area contributed by atoms with Gasteiger partial charge >= 0.3 is 5.97 Å². The number of carbonyl (C=O) groups excluding carboxylic acids is 1. The molecular formula is C13H18FNO2. The van der Waals surface area contributed by atoms with Crippen molar-refractivity contribution in [2.24, 2.45) is 5.92 Å². The topological polar surface area (TPSA) is 52.3 Å². The van der Waals surface area contributed by atoms with E-state index in [9.17, 15) is 9.18 Å². The SMILES string of the molecule is CCC(CC)COC(=O)c1cc(F)ccc1N. The van der Waals surface area contributed by atoms with Crippen LogP contribution in [0.3, 0.4) is 0 Å². The van der Waals surface area contributed by atoms with Crippen LogP contribution in [0.5, 0.6) is 0 Å². The van der Waals surface area contributed by atoms with Crippen LogP contribution < -0.4 is 5.73 Å². The molecule has 0 radical (unpaired) electrons. The van der Waals surface area contributed by atoms with Gasteiger partial charge in [-0.25, -0.2) is 9.18 Å². The Kier molecular flexibility index (Phi) is 4.94. The molecule has 0 fully saturated rings. The van der Waals surface area contributed by atoms with Gasteiger partial charge in [0.25, 0.3) is 0 Å². The lowest BCUT2D eigenvalue weighted by Gasteiger charge is -2.13. The van der Waals surface area contributed by atoms with E-state index in [-0.39, 0.29) is 11.3 Å². The fourth-order valence-electron chi connectivity index (χ4n) is 1.50. The molecule has 0 aliphatic heterocycles. The number of rotatable bonds is 5. The lowest BCUT2D eigenvalue weighted by Crippen LogP contribution is -2.14. The molecule has 17 heavy (non-hydrogen) atoms. The standard InChI is InChI=1S/C13H18FNO2/c1-3-9(4-2)8-17-13(16)11-7-10(14)5-6-12(11)15/h5-7,9H,3-4,8,15H2,1-2H3. The predicted molar refractivity (Wildman–Crippen MR) is 65.2 cm³/mol. The molecule has 0 atom stereocenters. The number of benzene rings is 1. The van der Waals surface area contributed by atoms with Gasteiger partial charge in [0, 0.05) is 5.69 Å². The van der Waals surface area contributed by atoms with E-state index in [2.05, 4.69) is 0 Å². The summed E-state index contributed by atoms with van der Waals surface area (Å²) < 4.78 is 18.1. The van der Waals surface area contributed by atoms with Crippen molar-refractivity contribution in [2.75, 3.05) is 12.3 Å². The summed E-state index contributed by atoms with van der Waals surface area (Å²) in [7, 11) is 0. The number of anilines is 1. The summed E-state index contributed by atoms with van der Waals surface area (Å²) in [6.07, 6.45) is 1.89. The minimum atomic E-state index is -0.561. The van der Waals surface area contributed by atoms with Crippen molar-refractivity contribution in [2.45, 2.75) is 26.7 Å². The van der Waals surface area contributed by atoms with Gasteiger partial charge in [-0.2, -0.15) is 0 Å². The van der Waals surface area contributed by atoms with Crippen molar-refractivity contribution < 1.29 is 13.9 Å². The molecule has 0 saturated heterocycles. The van der Waals surface area contributed by atoms with Crippen LogP contribution >= 0.6 is 0 Å². The van der Waals surface area contributed by atoms with E-state index in [4.69, 9.17) is 10.5 Å². The average molecular weight is 239 g/mol. The maximum Gasteiger partial charge on any atom is 0.340 e. The molecule has 1 aromatic rings. The zero-order chi connectivity index (χ0) is 12.8. The van der Waals surface area contributed by atoms with Crippen molar-refractivity contribution >= 4 is 11.7 Å². The van der Waals surface area contributed by atoms with Crippen LogP contribution in [0.4, 0.5) is 10.1 Å². The summed E-state index contributed by atoms with van der Waals surface area (Å²) in [6.45, 7) is 4.43. The van der Waals surface area contributed by atoms with Crippen LogP contribution in [0.15, 0.2) is 18.2 Å². The van der Waals surface area contributed by atoms with E-state index in [0.717, 1.165) is 18.9 Å². The average Bonchev–Trinajstić information content (AvgIpc) is 2.33. The number of ether oxygens (including phenoxy) is 1. The summed E-state index contributed by atoms with van der Waals surface area (Å²) in [6, 6.07) is 3.68. The smallest absolute Gasteiger partial charge is 0.340 e. The Hall–Kier alpha value is -1.58. The Morgan fingerprint density at radius 2 is 2.06 bits per heavy atom. The summed E-state index contributed by atoms with van der Waals surface area (Å²) in [5.41, 5.74) is 5.92. The zero-order valence-electron chi connectivity index (χ0n) is 10.2. The first kappa shape index (κ1) is 13.5. The third-order valence-corrected chi connectivity index (χ3v) is 2.84. The normalized spacial score (nSPS) is 10.6. The number of hydrogen-bond acceptors (Lipinski definition) is 3. The highest BCUT2D eigenvalue weighted by Gasteiger charge is 2.14. The van der Waals surface area contributed by atoms with Crippen molar-refractivity contribution in [3.8, 4) is 0 Å². The van der Waals surface area contributed by atoms with Gasteiger partial charge < -0.3 is 10.5 Å². The van der Waals surface area contributed by atoms with Gasteiger partial charge in [0.05, 0.1) is 12.2 Å². The number of halogens is 1. The van der Waals surface area contributed by atoms with Gasteiger partial charge in [0.2, 0.25) is 0 Å². The molecule has 94 valence electrons. The van der Waals surface area contributed by atoms with E-state index in [1.54, 1.807) is 0 Å². The second-order valence-corrected chi connectivity index (χ2v) is 4.01. The first-order valence-corrected chi connectivity index (χ1v) is 5.80. The van der Waals surface area contributed by atoms with Crippen LogP contribution in [0.25, 0.3) is 0 Å². The molecule has 0 spiro atoms. The maximum atomic E-state index is 13.0. The summed E-state index contributed by atoms with van der Waals surface area (Å²) in [4.78, 5) is 11.7. The second-order valence-electron chi connectivity index (χ2n) is 4.01. The monoisotopic (exact) mass is 239 g/mol. The Morgan fingerprint density at radius 3 is 2.65 bits per heavy atom. The van der Waals surface area contributed by atoms with Crippen molar-refractivity contribution in [3.63, 3.8) is 0 Å². The largest absolute Gasteiger partial charge is 0.462 e. The van der Waals surface area contributed by atoms with E-state index >= 15 is 0 Å². The van der Waals surface area contributed by atoms with Gasteiger partial charge in [-0.3, -0.25) is 0 Å². The molecule has 0 amide bonds. The summed E-state index contributed by atoms with van der Waals surface area (Å²) >= 11 is 0. The third kappa shape index (κ3) is 3.73. The molecule has 0 aliphatic rings. The molecule has 0 bridgehead atoms. The summed E-state index contributed by atoms with van der Waals surface area (Å²) in [5, 5.41) is 0. The zero-order valence-corrected chi connectivity index (χ0v) is 10.2. The minimum Gasteiger partial charge on any atom is -0.462 e. The lowest BCUT2D eigenvalue weighted by atomic mass is 10.1. The predicted octanol–water partition coefficient (Wildman–Crippen LogP) is 3.00. The molecular weight excluding hydrogens is 221 g/mol. The molecule has 0 aromatic heterocycles. The molecule has 0 saturated carbocycles. The van der Waals surface area contributed by atoms with Gasteiger partial charge in [-0.15, -0.1) is 0 Å². The van der Waals surface area contributed by atoms with Crippen LogP contribution in [0.1, 0.15) is 37.0 Å². The highest BCUT2D eigenvalue weighted by atomic mass is 19.1. The Morgan fingerprint density at radius 1 is 1.41 bits per heavy atom.